The van der Waals surface area contributed by atoms with Crippen molar-refractivity contribution in [1.29, 1.82) is 0 Å². The van der Waals surface area contributed by atoms with E-state index in [1.54, 1.807) is 14.7 Å². The monoisotopic (exact) mass is 671 g/mol. The van der Waals surface area contributed by atoms with E-state index in [1.165, 1.54) is 74.6 Å². The molecule has 3 aromatic heterocycles. The summed E-state index contributed by atoms with van der Waals surface area (Å²) in [5.74, 6) is -1.31. The van der Waals surface area contributed by atoms with E-state index in [-0.39, 0.29) is 68.7 Å². The number of hydrogen-bond acceptors (Lipinski definition) is 9. The molecule has 0 aromatic carbocycles. The Hall–Kier alpha value is -4.22. The molecule has 46 heavy (non-hydrogen) atoms. The fraction of sp³-hybridized carbons (Fsp3) is 0.455. The second-order valence-corrected chi connectivity index (χ2v) is 11.2. The first-order valence-electron chi connectivity index (χ1n) is 15.6. The Bertz CT molecular complexity index is 1260. The molecule has 0 atom stereocenters. The molecule has 0 unspecified atom stereocenters. The van der Waals surface area contributed by atoms with Crippen molar-refractivity contribution in [2.75, 3.05) is 39.3 Å². The predicted molar refractivity (Wildman–Crippen MR) is 160 cm³/mol. The van der Waals surface area contributed by atoms with Gasteiger partial charge in [-0.1, -0.05) is 17.2 Å². The zero-order valence-electron chi connectivity index (χ0n) is 25.8. The summed E-state index contributed by atoms with van der Waals surface area (Å²) in [4.78, 5) is 52.1. The van der Waals surface area contributed by atoms with Gasteiger partial charge < -0.3 is 30.0 Å². The maximum atomic E-state index is 11.9. The molecule has 13 heteroatoms. The Morgan fingerprint density at radius 2 is 0.696 bits per heavy atom. The number of rotatable bonds is 3. The maximum Gasteiger partial charge on any atom is 3.00 e. The number of amides is 3. The standard InChI is InChI=1S/3C11H14N2O2.Fe/c3*14-10-8-12-5-4-9(10)11(15)13-6-2-1-3-7-13;/h3*4-5,8,14H,1-3,6-7H2;/q;;;+3/p-3. The van der Waals surface area contributed by atoms with Crippen LogP contribution in [-0.4, -0.2) is 86.6 Å². The normalized spacial score (nSPS) is 16.0. The van der Waals surface area contributed by atoms with Gasteiger partial charge in [0.2, 0.25) is 0 Å². The first-order valence-corrected chi connectivity index (χ1v) is 15.6. The van der Waals surface area contributed by atoms with E-state index in [2.05, 4.69) is 15.0 Å². The molecular formula is C33H39FeN6O6. The van der Waals surface area contributed by atoms with Crippen LogP contribution < -0.4 is 15.3 Å². The van der Waals surface area contributed by atoms with E-state index < -0.39 is 0 Å². The SMILES string of the molecule is O=C(c1ccncc1[O-])N1CCCCC1.O=C(c1ccncc1[O-])N1CCCCC1.O=C(c1ccncc1[O-])N1CCCCC1.[Fe+3]. The van der Waals surface area contributed by atoms with Crippen LogP contribution >= 0.6 is 0 Å². The topological polar surface area (TPSA) is 169 Å². The summed E-state index contributed by atoms with van der Waals surface area (Å²) in [6.07, 6.45) is 17.7. The van der Waals surface area contributed by atoms with Crippen LogP contribution in [0.25, 0.3) is 0 Å². The maximum absolute atomic E-state index is 11.9. The quantitative estimate of drug-likeness (QED) is 0.380. The fourth-order valence-corrected chi connectivity index (χ4v) is 5.47. The fourth-order valence-electron chi connectivity index (χ4n) is 5.47. The minimum Gasteiger partial charge on any atom is -0.871 e. The van der Waals surface area contributed by atoms with Gasteiger partial charge in [-0.3, -0.25) is 29.3 Å². The molecule has 0 aliphatic carbocycles. The summed E-state index contributed by atoms with van der Waals surface area (Å²) in [5, 5.41) is 34.2. The van der Waals surface area contributed by atoms with E-state index >= 15 is 0 Å². The minimum absolute atomic E-state index is 0. The molecule has 3 aliphatic rings. The molecule has 3 fully saturated rings. The zero-order valence-corrected chi connectivity index (χ0v) is 26.9. The van der Waals surface area contributed by atoms with Gasteiger partial charge >= 0.3 is 17.1 Å². The van der Waals surface area contributed by atoms with Crippen LogP contribution in [0.2, 0.25) is 0 Å². The van der Waals surface area contributed by atoms with Crippen LogP contribution in [0.1, 0.15) is 88.9 Å². The van der Waals surface area contributed by atoms with Gasteiger partial charge in [0, 0.05) is 93.1 Å². The molecule has 1 radical (unpaired) electrons. The Labute approximate surface area is 280 Å². The molecule has 245 valence electrons. The third-order valence-corrected chi connectivity index (χ3v) is 7.97. The molecule has 0 N–H and O–H groups in total. The molecule has 0 spiro atoms. The molecule has 12 nitrogen and oxygen atoms in total. The van der Waals surface area contributed by atoms with Gasteiger partial charge in [0.25, 0.3) is 17.7 Å². The average molecular weight is 672 g/mol. The van der Waals surface area contributed by atoms with Crippen molar-refractivity contribution in [3.05, 3.63) is 72.1 Å². The summed E-state index contributed by atoms with van der Waals surface area (Å²) >= 11 is 0. The molecular weight excluding hydrogens is 632 g/mol. The average Bonchev–Trinajstić information content (AvgIpc) is 3.10. The minimum atomic E-state index is -0.284. The van der Waals surface area contributed by atoms with Crippen molar-refractivity contribution >= 4 is 17.7 Å². The molecule has 3 amide bonds. The number of aromatic nitrogens is 3. The smallest absolute Gasteiger partial charge is 0.871 e. The molecule has 3 aromatic rings. The largest absolute Gasteiger partial charge is 3.00 e. The molecule has 0 saturated carbocycles. The third-order valence-electron chi connectivity index (χ3n) is 7.97. The van der Waals surface area contributed by atoms with Crippen LogP contribution in [0.4, 0.5) is 0 Å². The molecule has 6 heterocycles. The third kappa shape index (κ3) is 10.1. The number of carbonyl (C=O) groups excluding carboxylic acids is 3. The van der Waals surface area contributed by atoms with Gasteiger partial charge in [-0.05, 0) is 76.0 Å². The summed E-state index contributed by atoms with van der Waals surface area (Å²) in [6, 6.07) is 4.50. The second kappa shape index (κ2) is 18.7. The van der Waals surface area contributed by atoms with Crippen molar-refractivity contribution in [2.45, 2.75) is 57.8 Å². The van der Waals surface area contributed by atoms with Crippen molar-refractivity contribution in [3.63, 3.8) is 0 Å². The molecule has 0 bridgehead atoms. The van der Waals surface area contributed by atoms with Crippen LogP contribution in [0.5, 0.6) is 17.2 Å². The summed E-state index contributed by atoms with van der Waals surface area (Å²) in [5.41, 5.74) is 0.728. The van der Waals surface area contributed by atoms with Gasteiger partial charge in [-0.15, -0.1) is 0 Å². The number of likely N-dealkylation sites (tertiary alicyclic amines) is 3. The van der Waals surface area contributed by atoms with Crippen LogP contribution in [-0.2, 0) is 17.1 Å². The Morgan fingerprint density at radius 1 is 0.457 bits per heavy atom. The van der Waals surface area contributed by atoms with Gasteiger partial charge in [0.15, 0.2) is 0 Å². The zero-order chi connectivity index (χ0) is 32.0. The first-order chi connectivity index (χ1) is 21.9. The Kier molecular flexibility index (Phi) is 14.7. The van der Waals surface area contributed by atoms with E-state index in [4.69, 9.17) is 0 Å². The van der Waals surface area contributed by atoms with Gasteiger partial charge in [0.1, 0.15) is 0 Å². The van der Waals surface area contributed by atoms with Gasteiger partial charge in [-0.25, -0.2) is 0 Å². The van der Waals surface area contributed by atoms with E-state index in [1.807, 2.05) is 0 Å². The Morgan fingerprint density at radius 3 is 0.913 bits per heavy atom. The van der Waals surface area contributed by atoms with Gasteiger partial charge in [-0.2, -0.15) is 0 Å². The molecule has 3 aliphatic heterocycles. The second-order valence-electron chi connectivity index (χ2n) is 11.2. The summed E-state index contributed by atoms with van der Waals surface area (Å²) in [7, 11) is 0. The van der Waals surface area contributed by atoms with Crippen LogP contribution in [0.3, 0.4) is 0 Å². The number of piperidine rings is 3. The number of hydrogen-bond donors (Lipinski definition) is 0. The van der Waals surface area contributed by atoms with Crippen molar-refractivity contribution in [2.24, 2.45) is 0 Å². The van der Waals surface area contributed by atoms with Crippen LogP contribution in [0, 0.1) is 0 Å². The molecule has 6 rings (SSSR count). The molecule has 3 saturated heterocycles. The predicted octanol–water partition coefficient (Wildman–Crippen LogP) is 2.34. The van der Waals surface area contributed by atoms with Crippen molar-refractivity contribution in [1.82, 2.24) is 29.7 Å². The van der Waals surface area contributed by atoms with E-state index in [0.717, 1.165) is 77.8 Å². The Balaban J connectivity index is 0.000000186. The first kappa shape index (κ1) is 36.2. The number of pyridine rings is 3. The van der Waals surface area contributed by atoms with Gasteiger partial charge in [0.05, 0.1) is 0 Å². The van der Waals surface area contributed by atoms with E-state index in [9.17, 15) is 29.7 Å². The number of nitrogens with zero attached hydrogens (tertiary/aromatic N) is 6. The van der Waals surface area contributed by atoms with Crippen LogP contribution in [0.15, 0.2) is 55.4 Å². The summed E-state index contributed by atoms with van der Waals surface area (Å²) < 4.78 is 0. The summed E-state index contributed by atoms with van der Waals surface area (Å²) in [6.45, 7) is 4.59. The number of carbonyl (C=O) groups is 3. The van der Waals surface area contributed by atoms with Crippen molar-refractivity contribution in [3.8, 4) is 17.2 Å². The van der Waals surface area contributed by atoms with E-state index in [0.29, 0.717) is 0 Å². The van der Waals surface area contributed by atoms with Crippen molar-refractivity contribution < 1.29 is 46.8 Å².